The summed E-state index contributed by atoms with van der Waals surface area (Å²) in [6, 6.07) is 5.62. The molecular formula is C16H14FN3O4. The zero-order valence-electron chi connectivity index (χ0n) is 12.7. The Morgan fingerprint density at radius 1 is 1.29 bits per heavy atom. The van der Waals surface area contributed by atoms with Gasteiger partial charge in [-0.2, -0.15) is 0 Å². The molecule has 1 aliphatic heterocycles. The van der Waals surface area contributed by atoms with Crippen LogP contribution in [0.1, 0.15) is 39.5 Å². The molecule has 1 aromatic carbocycles. The summed E-state index contributed by atoms with van der Waals surface area (Å²) in [6.45, 7) is 1.82. The summed E-state index contributed by atoms with van der Waals surface area (Å²) in [4.78, 5) is 35.4. The van der Waals surface area contributed by atoms with Gasteiger partial charge in [-0.05, 0) is 24.6 Å². The Bertz CT molecular complexity index is 876. The molecule has 1 aliphatic rings. The standard InChI is InChI=1S/C16H14FN3O4/c1-9-18-20(6-10-2-4-12(17)5-3-10)16(24)13-15(23)14(22)11(8-21)7-19(9)13/h2-5,7-9,18,23H,6H2,1H3. The highest BCUT2D eigenvalue weighted by atomic mass is 19.1. The van der Waals surface area contributed by atoms with Gasteiger partial charge in [0.25, 0.3) is 5.91 Å². The number of pyridine rings is 1. The van der Waals surface area contributed by atoms with Crippen LogP contribution in [-0.4, -0.2) is 26.9 Å². The number of hydrazine groups is 1. The van der Waals surface area contributed by atoms with E-state index in [4.69, 9.17) is 0 Å². The molecule has 1 unspecified atom stereocenters. The molecule has 3 rings (SSSR count). The number of aromatic nitrogens is 1. The average molecular weight is 331 g/mol. The number of aldehydes is 1. The van der Waals surface area contributed by atoms with Crippen LogP contribution < -0.4 is 10.9 Å². The molecule has 2 aromatic rings. The lowest BCUT2D eigenvalue weighted by molar-refractivity contribution is 0.0454. The van der Waals surface area contributed by atoms with Crippen LogP contribution in [0.25, 0.3) is 0 Å². The Morgan fingerprint density at radius 3 is 2.58 bits per heavy atom. The number of rotatable bonds is 3. The minimum Gasteiger partial charge on any atom is -0.503 e. The first-order chi connectivity index (χ1) is 11.4. The summed E-state index contributed by atoms with van der Waals surface area (Å²) in [6.07, 6.45) is 1.08. The third kappa shape index (κ3) is 2.56. The predicted molar refractivity (Wildman–Crippen MR) is 81.9 cm³/mol. The lowest BCUT2D eigenvalue weighted by atomic mass is 10.1. The maximum atomic E-state index is 13.0. The molecule has 24 heavy (non-hydrogen) atoms. The van der Waals surface area contributed by atoms with Gasteiger partial charge in [-0.25, -0.2) is 9.82 Å². The van der Waals surface area contributed by atoms with Crippen molar-refractivity contribution < 1.29 is 19.1 Å². The van der Waals surface area contributed by atoms with Crippen molar-refractivity contribution in [2.45, 2.75) is 19.6 Å². The zero-order chi connectivity index (χ0) is 17.4. The van der Waals surface area contributed by atoms with Crippen molar-refractivity contribution in [3.8, 4) is 5.75 Å². The van der Waals surface area contributed by atoms with Crippen LogP contribution in [0.15, 0.2) is 35.3 Å². The van der Waals surface area contributed by atoms with Crippen molar-refractivity contribution in [3.05, 3.63) is 63.3 Å². The molecule has 1 amide bonds. The number of fused-ring (bicyclic) bond motifs is 1. The molecule has 0 aliphatic carbocycles. The van der Waals surface area contributed by atoms with E-state index in [-0.39, 0.29) is 23.6 Å². The molecule has 124 valence electrons. The summed E-state index contributed by atoms with van der Waals surface area (Å²) < 4.78 is 14.3. The Labute approximate surface area is 135 Å². The lowest BCUT2D eigenvalue weighted by Gasteiger charge is -2.35. The number of hydrogen-bond donors (Lipinski definition) is 2. The molecule has 0 fully saturated rings. The van der Waals surface area contributed by atoms with E-state index in [1.807, 2.05) is 0 Å². The van der Waals surface area contributed by atoms with Crippen LogP contribution in [0.3, 0.4) is 0 Å². The second-order valence-corrected chi connectivity index (χ2v) is 5.46. The van der Waals surface area contributed by atoms with Gasteiger partial charge >= 0.3 is 0 Å². The number of amides is 1. The number of hydrogen-bond acceptors (Lipinski definition) is 5. The third-order valence-corrected chi connectivity index (χ3v) is 3.83. The molecule has 0 radical (unpaired) electrons. The molecule has 2 heterocycles. The smallest absolute Gasteiger partial charge is 0.289 e. The first-order valence-electron chi connectivity index (χ1n) is 7.18. The van der Waals surface area contributed by atoms with E-state index in [9.17, 15) is 23.9 Å². The molecule has 0 spiro atoms. The van der Waals surface area contributed by atoms with Gasteiger partial charge in [0.05, 0.1) is 18.3 Å². The van der Waals surface area contributed by atoms with Crippen molar-refractivity contribution >= 4 is 12.2 Å². The van der Waals surface area contributed by atoms with Crippen molar-refractivity contribution in [1.82, 2.24) is 15.0 Å². The molecule has 7 nitrogen and oxygen atoms in total. The minimum absolute atomic E-state index is 0.118. The number of halogens is 1. The molecule has 1 atom stereocenters. The van der Waals surface area contributed by atoms with E-state index in [0.29, 0.717) is 11.8 Å². The normalized spacial score (nSPS) is 16.8. The van der Waals surface area contributed by atoms with Gasteiger partial charge < -0.3 is 9.67 Å². The third-order valence-electron chi connectivity index (χ3n) is 3.83. The van der Waals surface area contributed by atoms with Crippen molar-refractivity contribution in [1.29, 1.82) is 0 Å². The van der Waals surface area contributed by atoms with E-state index in [2.05, 4.69) is 5.43 Å². The largest absolute Gasteiger partial charge is 0.503 e. The quantitative estimate of drug-likeness (QED) is 0.824. The predicted octanol–water partition coefficient (Wildman–Crippen LogP) is 1.18. The molecule has 0 bridgehead atoms. The monoisotopic (exact) mass is 331 g/mol. The summed E-state index contributed by atoms with van der Waals surface area (Å²) >= 11 is 0. The van der Waals surface area contributed by atoms with Crippen LogP contribution in [0.5, 0.6) is 5.75 Å². The van der Waals surface area contributed by atoms with Crippen LogP contribution in [0.4, 0.5) is 4.39 Å². The SMILES string of the molecule is CC1NN(Cc2ccc(F)cc2)C(=O)c2c(O)c(=O)c(C=O)cn21. The zero-order valence-corrected chi connectivity index (χ0v) is 12.7. The molecular weight excluding hydrogens is 317 g/mol. The van der Waals surface area contributed by atoms with Gasteiger partial charge in [0.2, 0.25) is 5.43 Å². The fourth-order valence-electron chi connectivity index (χ4n) is 2.60. The number of nitrogens with zero attached hydrogens (tertiary/aromatic N) is 2. The van der Waals surface area contributed by atoms with Crippen LogP contribution in [0.2, 0.25) is 0 Å². The van der Waals surface area contributed by atoms with E-state index in [1.54, 1.807) is 6.92 Å². The number of nitrogens with one attached hydrogen (secondary N) is 1. The molecule has 8 heteroatoms. The Morgan fingerprint density at radius 2 is 1.96 bits per heavy atom. The first-order valence-corrected chi connectivity index (χ1v) is 7.18. The number of benzene rings is 1. The molecule has 0 saturated carbocycles. The summed E-state index contributed by atoms with van der Waals surface area (Å²) in [7, 11) is 0. The minimum atomic E-state index is -0.888. The van der Waals surface area contributed by atoms with Gasteiger partial charge in [-0.1, -0.05) is 12.1 Å². The van der Waals surface area contributed by atoms with Gasteiger partial charge in [-0.3, -0.25) is 19.4 Å². The summed E-state index contributed by atoms with van der Waals surface area (Å²) in [5.74, 6) is -1.77. The van der Waals surface area contributed by atoms with Gasteiger partial charge in [0, 0.05) is 6.20 Å². The number of aromatic hydroxyl groups is 1. The van der Waals surface area contributed by atoms with Gasteiger partial charge in [0.15, 0.2) is 17.7 Å². The lowest BCUT2D eigenvalue weighted by Crippen LogP contribution is -2.51. The average Bonchev–Trinajstić information content (AvgIpc) is 2.56. The molecule has 0 saturated heterocycles. The highest BCUT2D eigenvalue weighted by Gasteiger charge is 2.32. The highest BCUT2D eigenvalue weighted by Crippen LogP contribution is 2.24. The Hall–Kier alpha value is -3.00. The van der Waals surface area contributed by atoms with E-state index in [1.165, 1.54) is 40.0 Å². The Balaban J connectivity index is 2.00. The van der Waals surface area contributed by atoms with Crippen LogP contribution in [-0.2, 0) is 6.54 Å². The maximum absolute atomic E-state index is 13.0. The van der Waals surface area contributed by atoms with E-state index >= 15 is 0 Å². The Kier molecular flexibility index (Phi) is 3.90. The van der Waals surface area contributed by atoms with Crippen LogP contribution >= 0.6 is 0 Å². The van der Waals surface area contributed by atoms with E-state index in [0.717, 1.165) is 0 Å². The van der Waals surface area contributed by atoms with Crippen molar-refractivity contribution in [2.24, 2.45) is 0 Å². The van der Waals surface area contributed by atoms with Crippen LogP contribution in [0, 0.1) is 5.82 Å². The fraction of sp³-hybridized carbons (Fsp3) is 0.188. The van der Waals surface area contributed by atoms with Gasteiger partial charge in [0.1, 0.15) is 5.82 Å². The summed E-state index contributed by atoms with van der Waals surface area (Å²) in [5, 5.41) is 11.3. The summed E-state index contributed by atoms with van der Waals surface area (Å²) in [5.41, 5.74) is 2.26. The fourth-order valence-corrected chi connectivity index (χ4v) is 2.60. The van der Waals surface area contributed by atoms with Gasteiger partial charge in [-0.15, -0.1) is 0 Å². The number of carbonyl (C=O) groups excluding carboxylic acids is 2. The number of carbonyl (C=O) groups is 2. The maximum Gasteiger partial charge on any atom is 0.289 e. The second kappa shape index (κ2) is 5.89. The van der Waals surface area contributed by atoms with E-state index < -0.39 is 23.3 Å². The van der Waals surface area contributed by atoms with Crippen molar-refractivity contribution in [2.75, 3.05) is 0 Å². The van der Waals surface area contributed by atoms with Crippen molar-refractivity contribution in [3.63, 3.8) is 0 Å². The highest BCUT2D eigenvalue weighted by molar-refractivity contribution is 5.96. The first kappa shape index (κ1) is 15.9. The topological polar surface area (TPSA) is 91.6 Å². The second-order valence-electron chi connectivity index (χ2n) is 5.46. The molecule has 2 N–H and O–H groups in total. The molecule has 1 aromatic heterocycles.